The molecular formula is C18H27Ir-. The topological polar surface area (TPSA) is 0 Å². The van der Waals surface area contributed by atoms with E-state index in [4.69, 9.17) is 0 Å². The molecule has 0 amide bonds. The van der Waals surface area contributed by atoms with Crippen LogP contribution in [0.4, 0.5) is 0 Å². The summed E-state index contributed by atoms with van der Waals surface area (Å²) in [7, 11) is 0. The van der Waals surface area contributed by atoms with Crippen LogP contribution in [0, 0.1) is 22.3 Å². The molecule has 0 aromatic carbocycles. The van der Waals surface area contributed by atoms with Crippen molar-refractivity contribution in [1.82, 2.24) is 0 Å². The predicted molar refractivity (Wildman–Crippen MR) is 77.2 cm³/mol. The monoisotopic (exact) mass is 436 g/mol. The molecule has 1 spiro atoms. The van der Waals surface area contributed by atoms with Crippen LogP contribution in [0.2, 0.25) is 0 Å². The smallest absolute Gasteiger partial charge is 0 e. The first-order valence-corrected chi connectivity index (χ1v) is 7.80. The van der Waals surface area contributed by atoms with Crippen molar-refractivity contribution in [2.75, 3.05) is 0 Å². The fourth-order valence-corrected chi connectivity index (χ4v) is 4.67. The molecule has 19 heavy (non-hydrogen) atoms. The van der Waals surface area contributed by atoms with E-state index in [1.165, 1.54) is 38.5 Å². The molecule has 0 aromatic heterocycles. The molecule has 109 valence electrons. The summed E-state index contributed by atoms with van der Waals surface area (Å²) in [5, 5.41) is 0. The Morgan fingerprint density at radius 3 is 2.26 bits per heavy atom. The van der Waals surface area contributed by atoms with Gasteiger partial charge in [-0.2, -0.15) is 5.57 Å². The van der Waals surface area contributed by atoms with E-state index in [2.05, 4.69) is 40.7 Å². The van der Waals surface area contributed by atoms with Crippen molar-refractivity contribution in [3.05, 3.63) is 22.8 Å². The van der Waals surface area contributed by atoms with Gasteiger partial charge in [0.05, 0.1) is 0 Å². The van der Waals surface area contributed by atoms with Crippen LogP contribution in [-0.2, 0) is 20.1 Å². The van der Waals surface area contributed by atoms with Crippen molar-refractivity contribution in [2.24, 2.45) is 16.2 Å². The van der Waals surface area contributed by atoms with Crippen LogP contribution in [0.15, 0.2) is 16.7 Å². The quantitative estimate of drug-likeness (QED) is 0.517. The number of hydrogen-bond donors (Lipinski definition) is 0. The summed E-state index contributed by atoms with van der Waals surface area (Å²) in [6.07, 6.45) is 11.6. The summed E-state index contributed by atoms with van der Waals surface area (Å²) in [6, 6.07) is 0. The van der Waals surface area contributed by atoms with Gasteiger partial charge in [-0.1, -0.05) is 59.3 Å². The van der Waals surface area contributed by atoms with Gasteiger partial charge >= 0.3 is 0 Å². The SMILES string of the molecule is CCC1=[C-]CC2(CC2(C)CC)C2=C1C(C)(CC)C2.[Ir]. The standard InChI is InChI=1S/C18H27.Ir/c1-6-13-9-10-18(12-17(18,5)8-3)14-11-16(4,7-2)15(13)14;/h6-8,10-12H2,1-5H3;/q-1;. The molecule has 1 radical (unpaired) electrons. The zero-order valence-electron chi connectivity index (χ0n) is 13.1. The van der Waals surface area contributed by atoms with Crippen molar-refractivity contribution in [1.29, 1.82) is 0 Å². The molecule has 0 N–H and O–H groups in total. The van der Waals surface area contributed by atoms with Gasteiger partial charge in [0.1, 0.15) is 0 Å². The average molecular weight is 436 g/mol. The maximum atomic E-state index is 3.79. The Labute approximate surface area is 132 Å². The number of hydrogen-bond acceptors (Lipinski definition) is 0. The van der Waals surface area contributed by atoms with E-state index in [1.807, 2.05) is 5.57 Å². The second-order valence-corrected chi connectivity index (χ2v) is 7.30. The molecule has 1 heteroatoms. The maximum Gasteiger partial charge on any atom is 0 e. The largest absolute Gasteiger partial charge is 0.271 e. The minimum absolute atomic E-state index is 0. The van der Waals surface area contributed by atoms with Gasteiger partial charge in [0.25, 0.3) is 0 Å². The van der Waals surface area contributed by atoms with E-state index in [-0.39, 0.29) is 20.1 Å². The van der Waals surface area contributed by atoms with Crippen LogP contribution in [0.3, 0.4) is 0 Å². The fraction of sp³-hybridized carbons (Fsp3) is 0.778. The van der Waals surface area contributed by atoms with Crippen molar-refractivity contribution in [3.8, 4) is 0 Å². The van der Waals surface area contributed by atoms with E-state index in [1.54, 1.807) is 11.1 Å². The molecular weight excluding hydrogens is 408 g/mol. The zero-order valence-corrected chi connectivity index (χ0v) is 15.5. The second-order valence-electron chi connectivity index (χ2n) is 7.30. The first kappa shape index (κ1) is 15.5. The maximum absolute atomic E-state index is 3.79. The van der Waals surface area contributed by atoms with Gasteiger partial charge in [0, 0.05) is 20.1 Å². The molecule has 0 aliphatic heterocycles. The molecule has 3 aliphatic carbocycles. The summed E-state index contributed by atoms with van der Waals surface area (Å²) < 4.78 is 0. The molecule has 3 unspecified atom stereocenters. The minimum atomic E-state index is 0. The Morgan fingerprint density at radius 1 is 1.11 bits per heavy atom. The fourth-order valence-electron chi connectivity index (χ4n) is 4.67. The summed E-state index contributed by atoms with van der Waals surface area (Å²) in [4.78, 5) is 0. The van der Waals surface area contributed by atoms with E-state index in [9.17, 15) is 0 Å². The normalized spacial score (nSPS) is 43.3. The van der Waals surface area contributed by atoms with Gasteiger partial charge in [0.2, 0.25) is 0 Å². The van der Waals surface area contributed by atoms with Crippen LogP contribution in [0.25, 0.3) is 0 Å². The van der Waals surface area contributed by atoms with E-state index >= 15 is 0 Å². The predicted octanol–water partition coefficient (Wildman–Crippen LogP) is 5.45. The van der Waals surface area contributed by atoms with E-state index in [0.29, 0.717) is 16.2 Å². The molecule has 3 atom stereocenters. The third kappa shape index (κ3) is 1.74. The van der Waals surface area contributed by atoms with Crippen LogP contribution in [0.5, 0.6) is 0 Å². The molecule has 3 aliphatic rings. The minimum Gasteiger partial charge on any atom is -0.271 e. The Hall–Kier alpha value is 0.129. The Balaban J connectivity index is 0.00000133. The van der Waals surface area contributed by atoms with Crippen molar-refractivity contribution in [3.63, 3.8) is 0 Å². The van der Waals surface area contributed by atoms with Gasteiger partial charge < -0.3 is 0 Å². The van der Waals surface area contributed by atoms with Crippen LogP contribution in [0.1, 0.15) is 73.1 Å². The van der Waals surface area contributed by atoms with Gasteiger partial charge in [-0.15, -0.1) is 12.0 Å². The Bertz CT molecular complexity index is 458. The van der Waals surface area contributed by atoms with Crippen LogP contribution < -0.4 is 0 Å². The van der Waals surface area contributed by atoms with Gasteiger partial charge in [0.15, 0.2) is 0 Å². The van der Waals surface area contributed by atoms with Crippen molar-refractivity contribution >= 4 is 0 Å². The number of fused-ring (bicyclic) bond motifs is 1. The first-order valence-electron chi connectivity index (χ1n) is 7.80. The molecule has 0 bridgehead atoms. The van der Waals surface area contributed by atoms with E-state index < -0.39 is 0 Å². The summed E-state index contributed by atoms with van der Waals surface area (Å²) in [5.74, 6) is 0. The molecule has 0 nitrogen and oxygen atoms in total. The van der Waals surface area contributed by atoms with Crippen LogP contribution >= 0.6 is 0 Å². The number of allylic oxidation sites excluding steroid dienone is 4. The molecule has 0 aromatic rings. The Morgan fingerprint density at radius 2 is 1.79 bits per heavy atom. The molecule has 3 rings (SSSR count). The molecule has 0 heterocycles. The summed E-state index contributed by atoms with van der Waals surface area (Å²) in [5.41, 5.74) is 6.71. The molecule has 0 saturated heterocycles. The van der Waals surface area contributed by atoms with Crippen LogP contribution in [-0.4, -0.2) is 0 Å². The van der Waals surface area contributed by atoms with Gasteiger partial charge in [-0.25, -0.2) is 5.57 Å². The second kappa shape index (κ2) is 4.57. The molecule has 1 fully saturated rings. The number of rotatable bonds is 3. The zero-order chi connectivity index (χ0) is 13.2. The van der Waals surface area contributed by atoms with Crippen molar-refractivity contribution in [2.45, 2.75) is 73.1 Å². The summed E-state index contributed by atoms with van der Waals surface area (Å²) in [6.45, 7) is 12.0. The Kier molecular flexibility index (Phi) is 3.73. The van der Waals surface area contributed by atoms with Gasteiger partial charge in [-0.05, 0) is 23.7 Å². The first-order chi connectivity index (χ1) is 8.46. The van der Waals surface area contributed by atoms with Crippen molar-refractivity contribution < 1.29 is 20.1 Å². The third-order valence-corrected chi connectivity index (χ3v) is 6.59. The average Bonchev–Trinajstić information content (AvgIpc) is 2.96. The summed E-state index contributed by atoms with van der Waals surface area (Å²) >= 11 is 0. The third-order valence-electron chi connectivity index (χ3n) is 6.59. The van der Waals surface area contributed by atoms with E-state index in [0.717, 1.165) is 0 Å². The van der Waals surface area contributed by atoms with Gasteiger partial charge in [-0.3, -0.25) is 6.08 Å². The molecule has 1 saturated carbocycles.